The molecule has 2 amide bonds. The maximum Gasteiger partial charge on any atom is 0.416 e. The number of aliphatic imine (C=N–C) groups is 1. The second-order valence-corrected chi connectivity index (χ2v) is 8.21. The summed E-state index contributed by atoms with van der Waals surface area (Å²) in [7, 11) is 0. The summed E-state index contributed by atoms with van der Waals surface area (Å²) in [6.07, 6.45) is -0.610. The Balaban J connectivity index is 1.56. The molecule has 1 aliphatic carbocycles. The van der Waals surface area contributed by atoms with Gasteiger partial charge >= 0.3 is 6.18 Å². The summed E-state index contributed by atoms with van der Waals surface area (Å²) in [5.74, 6) is -0.996. The molecule has 0 saturated heterocycles. The Bertz CT molecular complexity index is 1140. The average Bonchev–Trinajstić information content (AvgIpc) is 3.05. The van der Waals surface area contributed by atoms with E-state index in [9.17, 15) is 22.8 Å². The van der Waals surface area contributed by atoms with Crippen LogP contribution in [0.3, 0.4) is 0 Å². The molecule has 0 aromatic heterocycles. The van der Waals surface area contributed by atoms with Crippen LogP contribution in [-0.2, 0) is 15.8 Å². The van der Waals surface area contributed by atoms with Crippen molar-refractivity contribution in [3.8, 4) is 6.07 Å². The first kappa shape index (κ1) is 22.5. The lowest BCUT2D eigenvalue weighted by atomic mass is 9.88. The second-order valence-electron chi connectivity index (χ2n) is 8.21. The van der Waals surface area contributed by atoms with E-state index in [0.29, 0.717) is 24.0 Å². The molecule has 9 heteroatoms. The molecule has 1 N–H and O–H groups in total. The molecule has 1 heterocycles. The lowest BCUT2D eigenvalue weighted by Crippen LogP contribution is -2.51. The van der Waals surface area contributed by atoms with Gasteiger partial charge < -0.3 is 10.2 Å². The number of alkyl halides is 3. The van der Waals surface area contributed by atoms with E-state index in [-0.39, 0.29) is 17.9 Å². The molecule has 6 nitrogen and oxygen atoms in total. The zero-order valence-electron chi connectivity index (χ0n) is 17.7. The van der Waals surface area contributed by atoms with Gasteiger partial charge in [-0.05, 0) is 56.0 Å². The predicted octanol–water partition coefficient (Wildman–Crippen LogP) is 4.51. The van der Waals surface area contributed by atoms with Crippen molar-refractivity contribution < 1.29 is 22.8 Å². The Morgan fingerprint density at radius 1 is 1.12 bits per heavy atom. The third-order valence-corrected chi connectivity index (χ3v) is 5.99. The van der Waals surface area contributed by atoms with Crippen LogP contribution in [0.1, 0.15) is 48.8 Å². The Hall–Kier alpha value is -3.67. The van der Waals surface area contributed by atoms with E-state index in [1.54, 1.807) is 24.3 Å². The molecular formula is C24H21F3N4O2. The number of anilines is 1. The molecule has 4 rings (SSSR count). The molecular weight excluding hydrogens is 433 g/mol. The van der Waals surface area contributed by atoms with Crippen molar-refractivity contribution in [3.05, 3.63) is 65.2 Å². The van der Waals surface area contributed by atoms with Crippen LogP contribution in [0, 0.1) is 11.3 Å². The van der Waals surface area contributed by atoms with Crippen LogP contribution in [0.5, 0.6) is 0 Å². The molecule has 0 unspecified atom stereocenters. The monoisotopic (exact) mass is 454 g/mol. The van der Waals surface area contributed by atoms with Gasteiger partial charge in [0, 0.05) is 11.3 Å². The van der Waals surface area contributed by atoms with Gasteiger partial charge in [0.05, 0.1) is 17.2 Å². The maximum absolute atomic E-state index is 13.3. The lowest BCUT2D eigenvalue weighted by Gasteiger charge is -2.38. The zero-order valence-corrected chi connectivity index (χ0v) is 17.7. The van der Waals surface area contributed by atoms with Crippen LogP contribution in [0.4, 0.5) is 18.9 Å². The predicted molar refractivity (Wildman–Crippen MR) is 115 cm³/mol. The van der Waals surface area contributed by atoms with Gasteiger partial charge in [-0.25, -0.2) is 0 Å². The van der Waals surface area contributed by atoms with Gasteiger partial charge in [0.15, 0.2) is 0 Å². The van der Waals surface area contributed by atoms with Gasteiger partial charge in [-0.2, -0.15) is 18.4 Å². The quantitative estimate of drug-likeness (QED) is 0.738. The third-order valence-electron chi connectivity index (χ3n) is 5.99. The Morgan fingerprint density at radius 2 is 1.82 bits per heavy atom. The molecule has 1 fully saturated rings. The molecule has 0 bridgehead atoms. The van der Waals surface area contributed by atoms with Gasteiger partial charge in [0.25, 0.3) is 5.91 Å². The topological polar surface area (TPSA) is 85.6 Å². The van der Waals surface area contributed by atoms with E-state index in [2.05, 4.69) is 5.32 Å². The van der Waals surface area contributed by atoms with Crippen molar-refractivity contribution in [2.75, 3.05) is 11.9 Å². The van der Waals surface area contributed by atoms with E-state index >= 15 is 0 Å². The molecule has 1 saturated carbocycles. The number of benzene rings is 2. The SMILES string of the molecule is N#Cc1ccc(C2=NC3(CCCCC3)N(CC(=O)Nc3cccc(C(F)(F)F)c3)C2=O)cc1. The van der Waals surface area contributed by atoms with Crippen molar-refractivity contribution in [2.24, 2.45) is 4.99 Å². The minimum Gasteiger partial charge on any atom is -0.325 e. The van der Waals surface area contributed by atoms with Crippen LogP contribution in [-0.4, -0.2) is 34.6 Å². The van der Waals surface area contributed by atoms with Gasteiger partial charge in [-0.15, -0.1) is 0 Å². The zero-order chi connectivity index (χ0) is 23.6. The van der Waals surface area contributed by atoms with Crippen molar-refractivity contribution in [2.45, 2.75) is 43.9 Å². The fraction of sp³-hybridized carbons (Fsp3) is 0.333. The molecule has 2 aliphatic rings. The van der Waals surface area contributed by atoms with Gasteiger partial charge in [0.1, 0.15) is 17.9 Å². The number of hydrogen-bond acceptors (Lipinski definition) is 4. The van der Waals surface area contributed by atoms with E-state index in [1.807, 2.05) is 6.07 Å². The number of nitriles is 1. The fourth-order valence-electron chi connectivity index (χ4n) is 4.36. The molecule has 33 heavy (non-hydrogen) atoms. The summed E-state index contributed by atoms with van der Waals surface area (Å²) in [5, 5.41) is 11.5. The Labute approximate surface area is 188 Å². The van der Waals surface area contributed by atoms with Gasteiger partial charge in [-0.1, -0.05) is 24.6 Å². The molecule has 0 radical (unpaired) electrons. The van der Waals surface area contributed by atoms with Crippen molar-refractivity contribution in [3.63, 3.8) is 0 Å². The number of carbonyl (C=O) groups excluding carboxylic acids is 2. The highest BCUT2D eigenvalue weighted by Crippen LogP contribution is 2.39. The smallest absolute Gasteiger partial charge is 0.325 e. The molecule has 2 aromatic carbocycles. The van der Waals surface area contributed by atoms with Gasteiger partial charge in [0.2, 0.25) is 5.91 Å². The van der Waals surface area contributed by atoms with Crippen LogP contribution in [0.2, 0.25) is 0 Å². The number of hydrogen-bond donors (Lipinski definition) is 1. The summed E-state index contributed by atoms with van der Waals surface area (Å²) < 4.78 is 38.9. The van der Waals surface area contributed by atoms with Crippen molar-refractivity contribution in [1.29, 1.82) is 5.26 Å². The van der Waals surface area contributed by atoms with E-state index in [0.717, 1.165) is 31.4 Å². The summed E-state index contributed by atoms with van der Waals surface area (Å²) in [4.78, 5) is 32.3. The maximum atomic E-state index is 13.3. The first-order valence-corrected chi connectivity index (χ1v) is 10.6. The largest absolute Gasteiger partial charge is 0.416 e. The van der Waals surface area contributed by atoms with E-state index in [4.69, 9.17) is 10.3 Å². The fourth-order valence-corrected chi connectivity index (χ4v) is 4.36. The number of nitrogens with zero attached hydrogens (tertiary/aromatic N) is 3. The Morgan fingerprint density at radius 3 is 2.45 bits per heavy atom. The van der Waals surface area contributed by atoms with Crippen LogP contribution >= 0.6 is 0 Å². The number of nitrogens with one attached hydrogen (secondary N) is 1. The highest BCUT2D eigenvalue weighted by atomic mass is 19.4. The summed E-state index contributed by atoms with van der Waals surface area (Å²) in [6.45, 7) is -0.321. The van der Waals surface area contributed by atoms with Crippen LogP contribution in [0.15, 0.2) is 53.5 Å². The molecule has 2 aromatic rings. The van der Waals surface area contributed by atoms with Crippen LogP contribution in [0.25, 0.3) is 0 Å². The van der Waals surface area contributed by atoms with E-state index in [1.165, 1.54) is 17.0 Å². The summed E-state index contributed by atoms with van der Waals surface area (Å²) in [5.41, 5.74) is -0.461. The highest BCUT2D eigenvalue weighted by molar-refractivity contribution is 6.47. The number of amides is 2. The van der Waals surface area contributed by atoms with Crippen molar-refractivity contribution >= 4 is 23.2 Å². The lowest BCUT2D eigenvalue weighted by molar-refractivity contribution is -0.137. The van der Waals surface area contributed by atoms with E-state index < -0.39 is 29.2 Å². The number of halogens is 3. The summed E-state index contributed by atoms with van der Waals surface area (Å²) in [6, 6.07) is 12.9. The normalized spacial score (nSPS) is 17.6. The van der Waals surface area contributed by atoms with Crippen LogP contribution < -0.4 is 5.32 Å². The number of rotatable bonds is 4. The Kier molecular flexibility index (Phi) is 5.93. The average molecular weight is 454 g/mol. The highest BCUT2D eigenvalue weighted by Gasteiger charge is 2.48. The standard InChI is InChI=1S/C24H21F3N4O2/c25-24(26,27)18-5-4-6-19(13-18)29-20(32)15-31-22(33)21(17-9-7-16(14-28)8-10-17)30-23(31)11-2-1-3-12-23/h4-10,13H,1-3,11-12,15H2,(H,29,32). The molecule has 1 spiro atoms. The van der Waals surface area contributed by atoms with Gasteiger partial charge in [-0.3, -0.25) is 14.6 Å². The first-order chi connectivity index (χ1) is 15.7. The third kappa shape index (κ3) is 4.60. The first-order valence-electron chi connectivity index (χ1n) is 10.6. The minimum absolute atomic E-state index is 0.00685. The van der Waals surface area contributed by atoms with Crippen molar-refractivity contribution in [1.82, 2.24) is 4.90 Å². The molecule has 1 aliphatic heterocycles. The number of carbonyl (C=O) groups is 2. The second kappa shape index (κ2) is 8.70. The minimum atomic E-state index is -4.53. The summed E-state index contributed by atoms with van der Waals surface area (Å²) >= 11 is 0. The molecule has 0 atom stereocenters. The molecule has 170 valence electrons.